The minimum absolute atomic E-state index is 0.955. The van der Waals surface area contributed by atoms with Gasteiger partial charge in [0.2, 0.25) is 0 Å². The second-order valence-corrected chi connectivity index (χ2v) is 4.84. The van der Waals surface area contributed by atoms with Crippen LogP contribution in [0.1, 0.15) is 12.8 Å². The number of thiol groups is 1. The molecule has 0 aliphatic carbocycles. The monoisotopic (exact) mass is 186 g/mol. The van der Waals surface area contributed by atoms with Crippen molar-refractivity contribution in [3.05, 3.63) is 0 Å². The summed E-state index contributed by atoms with van der Waals surface area (Å²) in [5.74, 6) is 1.95. The van der Waals surface area contributed by atoms with Gasteiger partial charge in [-0.3, -0.25) is 4.31 Å². The fourth-order valence-electron chi connectivity index (χ4n) is 2.29. The van der Waals surface area contributed by atoms with Crippen molar-refractivity contribution in [1.29, 1.82) is 0 Å². The lowest BCUT2D eigenvalue weighted by Crippen LogP contribution is -2.47. The van der Waals surface area contributed by atoms with E-state index in [1.807, 2.05) is 0 Å². The Morgan fingerprint density at radius 3 is 2.17 bits per heavy atom. The van der Waals surface area contributed by atoms with Crippen LogP contribution in [0.5, 0.6) is 0 Å². The smallest absolute Gasteiger partial charge is 0.0131 e. The van der Waals surface area contributed by atoms with Crippen LogP contribution in [0.3, 0.4) is 0 Å². The molecule has 0 radical (unpaired) electrons. The number of rotatable bonds is 1. The standard InChI is InChI=1S/C9H18N2S/c1-10-4-2-8(3-5-10)9-6-11(12)7-9/h8-9,12H,2-7H2,1H3. The van der Waals surface area contributed by atoms with Gasteiger partial charge < -0.3 is 4.90 Å². The molecule has 2 rings (SSSR count). The molecule has 0 bridgehead atoms. The lowest BCUT2D eigenvalue weighted by atomic mass is 9.81. The summed E-state index contributed by atoms with van der Waals surface area (Å²) < 4.78 is 2.13. The average molecular weight is 186 g/mol. The molecule has 0 atom stereocenters. The molecule has 0 unspecified atom stereocenters. The largest absolute Gasteiger partial charge is 0.306 e. The molecule has 2 aliphatic heterocycles. The lowest BCUT2D eigenvalue weighted by Gasteiger charge is -2.43. The maximum absolute atomic E-state index is 4.30. The predicted octanol–water partition coefficient (Wildman–Crippen LogP) is 1.10. The van der Waals surface area contributed by atoms with Gasteiger partial charge in [0.15, 0.2) is 0 Å². The Morgan fingerprint density at radius 1 is 1.08 bits per heavy atom. The highest BCUT2D eigenvalue weighted by Crippen LogP contribution is 2.31. The molecule has 2 heterocycles. The normalized spacial score (nSPS) is 30.5. The Morgan fingerprint density at radius 2 is 1.67 bits per heavy atom. The molecule has 0 amide bonds. The van der Waals surface area contributed by atoms with E-state index in [9.17, 15) is 0 Å². The molecular formula is C9H18N2S. The maximum Gasteiger partial charge on any atom is 0.0131 e. The summed E-state index contributed by atoms with van der Waals surface area (Å²) >= 11 is 4.30. The minimum atomic E-state index is 0.955. The van der Waals surface area contributed by atoms with Crippen LogP contribution in [0.15, 0.2) is 0 Å². The van der Waals surface area contributed by atoms with Crippen molar-refractivity contribution in [1.82, 2.24) is 9.21 Å². The summed E-state index contributed by atoms with van der Waals surface area (Å²) in [6, 6.07) is 0. The van der Waals surface area contributed by atoms with Gasteiger partial charge in [0.1, 0.15) is 0 Å². The summed E-state index contributed by atoms with van der Waals surface area (Å²) in [5.41, 5.74) is 0. The predicted molar refractivity (Wildman–Crippen MR) is 54.3 cm³/mol. The highest BCUT2D eigenvalue weighted by Gasteiger charge is 2.33. The molecular weight excluding hydrogens is 168 g/mol. The molecule has 2 fully saturated rings. The summed E-state index contributed by atoms with van der Waals surface area (Å²) in [5, 5.41) is 0. The molecule has 0 saturated carbocycles. The van der Waals surface area contributed by atoms with E-state index in [2.05, 4.69) is 29.1 Å². The van der Waals surface area contributed by atoms with E-state index in [0.717, 1.165) is 11.8 Å². The van der Waals surface area contributed by atoms with Crippen LogP contribution in [0, 0.1) is 11.8 Å². The van der Waals surface area contributed by atoms with Gasteiger partial charge >= 0.3 is 0 Å². The van der Waals surface area contributed by atoms with E-state index in [1.54, 1.807) is 0 Å². The minimum Gasteiger partial charge on any atom is -0.306 e. The van der Waals surface area contributed by atoms with E-state index < -0.39 is 0 Å². The van der Waals surface area contributed by atoms with Crippen molar-refractivity contribution in [3.63, 3.8) is 0 Å². The molecule has 0 spiro atoms. The molecule has 12 heavy (non-hydrogen) atoms. The SMILES string of the molecule is CN1CCC(C2CN(S)C2)CC1. The van der Waals surface area contributed by atoms with Gasteiger partial charge in [-0.25, -0.2) is 0 Å². The van der Waals surface area contributed by atoms with Crippen molar-refractivity contribution in [2.45, 2.75) is 12.8 Å². The Balaban J connectivity index is 1.75. The van der Waals surface area contributed by atoms with Gasteiger partial charge in [-0.1, -0.05) is 12.8 Å². The van der Waals surface area contributed by atoms with Gasteiger partial charge in [0.05, 0.1) is 0 Å². The fourth-order valence-corrected chi connectivity index (χ4v) is 2.71. The zero-order valence-electron chi connectivity index (χ0n) is 7.74. The quantitative estimate of drug-likeness (QED) is 0.613. The van der Waals surface area contributed by atoms with E-state index in [-0.39, 0.29) is 0 Å². The third kappa shape index (κ3) is 1.78. The van der Waals surface area contributed by atoms with E-state index in [0.29, 0.717) is 0 Å². The molecule has 2 aliphatic rings. The van der Waals surface area contributed by atoms with Crippen LogP contribution in [-0.4, -0.2) is 42.4 Å². The molecule has 0 N–H and O–H groups in total. The van der Waals surface area contributed by atoms with Crippen LogP contribution in [0.2, 0.25) is 0 Å². The highest BCUT2D eigenvalue weighted by atomic mass is 32.1. The first kappa shape index (κ1) is 8.85. The molecule has 0 aromatic rings. The molecule has 0 aromatic heterocycles. The Hall–Kier alpha value is 0.270. The zero-order chi connectivity index (χ0) is 8.55. The van der Waals surface area contributed by atoms with E-state index in [4.69, 9.17) is 0 Å². The molecule has 0 aromatic carbocycles. The lowest BCUT2D eigenvalue weighted by molar-refractivity contribution is 0.0940. The summed E-state index contributed by atoms with van der Waals surface area (Å²) in [6.07, 6.45) is 2.81. The van der Waals surface area contributed by atoms with Crippen LogP contribution < -0.4 is 0 Å². The first-order chi connectivity index (χ1) is 5.75. The second-order valence-electron chi connectivity index (χ2n) is 4.27. The Kier molecular flexibility index (Phi) is 2.63. The average Bonchev–Trinajstić information content (AvgIpc) is 2.01. The van der Waals surface area contributed by atoms with Crippen LogP contribution in [0.4, 0.5) is 0 Å². The summed E-state index contributed by atoms with van der Waals surface area (Å²) in [4.78, 5) is 2.44. The van der Waals surface area contributed by atoms with Gasteiger partial charge in [0, 0.05) is 13.1 Å². The third-order valence-electron chi connectivity index (χ3n) is 3.32. The highest BCUT2D eigenvalue weighted by molar-refractivity contribution is 7.77. The molecule has 2 saturated heterocycles. The first-order valence-electron chi connectivity index (χ1n) is 4.88. The molecule has 3 heteroatoms. The maximum atomic E-state index is 4.30. The van der Waals surface area contributed by atoms with Crippen molar-refractivity contribution < 1.29 is 0 Å². The third-order valence-corrected chi connectivity index (χ3v) is 3.65. The second kappa shape index (κ2) is 3.56. The number of piperidine rings is 1. The fraction of sp³-hybridized carbons (Fsp3) is 1.00. The Bertz CT molecular complexity index is 149. The van der Waals surface area contributed by atoms with Crippen molar-refractivity contribution in [2.75, 3.05) is 33.2 Å². The number of likely N-dealkylation sites (tertiary alicyclic amines) is 1. The van der Waals surface area contributed by atoms with Crippen LogP contribution in [-0.2, 0) is 0 Å². The van der Waals surface area contributed by atoms with Gasteiger partial charge in [0.25, 0.3) is 0 Å². The van der Waals surface area contributed by atoms with Crippen molar-refractivity contribution in [3.8, 4) is 0 Å². The first-order valence-corrected chi connectivity index (χ1v) is 5.28. The molecule has 2 nitrogen and oxygen atoms in total. The van der Waals surface area contributed by atoms with Gasteiger partial charge in [-0.15, -0.1) is 0 Å². The van der Waals surface area contributed by atoms with E-state index >= 15 is 0 Å². The summed E-state index contributed by atoms with van der Waals surface area (Å²) in [7, 11) is 2.22. The summed E-state index contributed by atoms with van der Waals surface area (Å²) in [6.45, 7) is 5.04. The van der Waals surface area contributed by atoms with Gasteiger partial charge in [-0.05, 0) is 44.8 Å². The number of hydrogen-bond donors (Lipinski definition) is 1. The van der Waals surface area contributed by atoms with Crippen LogP contribution >= 0.6 is 12.8 Å². The van der Waals surface area contributed by atoms with Crippen molar-refractivity contribution >= 4 is 12.8 Å². The van der Waals surface area contributed by atoms with Crippen molar-refractivity contribution in [2.24, 2.45) is 11.8 Å². The molecule has 70 valence electrons. The Labute approximate surface area is 80.5 Å². The number of hydrogen-bond acceptors (Lipinski definition) is 3. The zero-order valence-corrected chi connectivity index (χ0v) is 8.63. The van der Waals surface area contributed by atoms with Crippen LogP contribution in [0.25, 0.3) is 0 Å². The number of nitrogens with zero attached hydrogens (tertiary/aromatic N) is 2. The van der Waals surface area contributed by atoms with E-state index in [1.165, 1.54) is 39.0 Å². The topological polar surface area (TPSA) is 6.48 Å². The van der Waals surface area contributed by atoms with Gasteiger partial charge in [-0.2, -0.15) is 0 Å².